The van der Waals surface area contributed by atoms with Crippen molar-refractivity contribution in [2.45, 2.75) is 13.8 Å². The number of halogens is 1. The van der Waals surface area contributed by atoms with Gasteiger partial charge >= 0.3 is 0 Å². The third-order valence-corrected chi connectivity index (χ3v) is 3.59. The Bertz CT molecular complexity index is 681. The van der Waals surface area contributed by atoms with Gasteiger partial charge in [-0.15, -0.1) is 0 Å². The number of aromatic nitrogens is 1. The number of methoxy groups -OCH3 is 1. The molecule has 0 fully saturated rings. The van der Waals surface area contributed by atoms with E-state index >= 15 is 0 Å². The molecule has 0 aliphatic rings. The van der Waals surface area contributed by atoms with Gasteiger partial charge < -0.3 is 15.4 Å². The Labute approximate surface area is 141 Å². The van der Waals surface area contributed by atoms with E-state index in [1.54, 1.807) is 19.4 Å². The summed E-state index contributed by atoms with van der Waals surface area (Å²) in [6, 6.07) is 5.68. The Morgan fingerprint density at radius 3 is 2.74 bits per heavy atom. The van der Waals surface area contributed by atoms with E-state index in [4.69, 9.17) is 16.3 Å². The summed E-state index contributed by atoms with van der Waals surface area (Å²) in [5.41, 5.74) is 4.13. The lowest BCUT2D eigenvalue weighted by atomic mass is 10.1. The minimum absolute atomic E-state index is 0.190. The molecular formula is C17H20ClN3O2. The van der Waals surface area contributed by atoms with Crippen LogP contribution in [0.2, 0.25) is 5.02 Å². The number of carbonyl (C=O) groups is 1. The number of nitrogens with one attached hydrogen (secondary N) is 2. The van der Waals surface area contributed by atoms with Crippen molar-refractivity contribution in [2.75, 3.05) is 25.6 Å². The van der Waals surface area contributed by atoms with Crippen molar-refractivity contribution in [2.24, 2.45) is 0 Å². The number of hydrogen-bond donors (Lipinski definition) is 2. The number of benzene rings is 1. The van der Waals surface area contributed by atoms with Gasteiger partial charge in [0.05, 0.1) is 34.8 Å². The monoisotopic (exact) mass is 333 g/mol. The Hall–Kier alpha value is -2.11. The lowest BCUT2D eigenvalue weighted by Crippen LogP contribution is -2.27. The lowest BCUT2D eigenvalue weighted by Gasteiger charge is -2.13. The minimum atomic E-state index is -0.190. The molecular weight excluding hydrogens is 314 g/mol. The van der Waals surface area contributed by atoms with Crippen molar-refractivity contribution in [3.63, 3.8) is 0 Å². The van der Waals surface area contributed by atoms with Gasteiger partial charge in [0.1, 0.15) is 0 Å². The largest absolute Gasteiger partial charge is 0.383 e. The van der Waals surface area contributed by atoms with Crippen molar-refractivity contribution in [3.05, 3.63) is 52.3 Å². The highest BCUT2D eigenvalue weighted by Gasteiger charge is 2.09. The van der Waals surface area contributed by atoms with Crippen LogP contribution in [-0.2, 0) is 4.74 Å². The fourth-order valence-corrected chi connectivity index (χ4v) is 2.59. The smallest absolute Gasteiger partial charge is 0.253 e. The maximum Gasteiger partial charge on any atom is 0.253 e. The molecule has 1 aromatic carbocycles. The molecule has 1 amide bonds. The van der Waals surface area contributed by atoms with Crippen molar-refractivity contribution in [3.8, 4) is 0 Å². The van der Waals surface area contributed by atoms with Gasteiger partial charge in [-0.3, -0.25) is 9.78 Å². The second kappa shape index (κ2) is 7.94. The highest BCUT2D eigenvalue weighted by Crippen LogP contribution is 2.30. The third kappa shape index (κ3) is 4.68. The fraction of sp³-hybridized carbons (Fsp3) is 0.294. The molecule has 23 heavy (non-hydrogen) atoms. The molecule has 0 saturated carbocycles. The van der Waals surface area contributed by atoms with Gasteiger partial charge in [-0.25, -0.2) is 0 Å². The van der Waals surface area contributed by atoms with E-state index in [9.17, 15) is 4.79 Å². The molecule has 2 aromatic rings. The van der Waals surface area contributed by atoms with Gasteiger partial charge in [0.15, 0.2) is 0 Å². The molecule has 122 valence electrons. The number of ether oxygens (including phenoxy) is 1. The van der Waals surface area contributed by atoms with Crippen LogP contribution in [0.4, 0.5) is 11.4 Å². The quantitative estimate of drug-likeness (QED) is 0.794. The van der Waals surface area contributed by atoms with Crippen LogP contribution in [0.5, 0.6) is 0 Å². The molecule has 0 spiro atoms. The Kier molecular flexibility index (Phi) is 5.96. The molecule has 0 unspecified atom stereocenters. The van der Waals surface area contributed by atoms with Crippen LogP contribution in [0.1, 0.15) is 21.5 Å². The van der Waals surface area contributed by atoms with E-state index in [1.807, 2.05) is 26.0 Å². The fourth-order valence-electron chi connectivity index (χ4n) is 2.22. The molecule has 1 heterocycles. The molecule has 0 aliphatic carbocycles. The van der Waals surface area contributed by atoms with Crippen molar-refractivity contribution in [1.82, 2.24) is 10.3 Å². The van der Waals surface area contributed by atoms with E-state index in [2.05, 4.69) is 15.6 Å². The number of carbonyl (C=O) groups excluding carboxylic acids is 1. The topological polar surface area (TPSA) is 63.2 Å². The van der Waals surface area contributed by atoms with Crippen molar-refractivity contribution < 1.29 is 9.53 Å². The van der Waals surface area contributed by atoms with Crippen LogP contribution in [0.25, 0.3) is 0 Å². The normalized spacial score (nSPS) is 10.4. The first kappa shape index (κ1) is 17.2. The molecule has 0 radical (unpaired) electrons. The van der Waals surface area contributed by atoms with Crippen LogP contribution in [0.15, 0.2) is 30.6 Å². The van der Waals surface area contributed by atoms with Gasteiger partial charge in [-0.2, -0.15) is 0 Å². The number of pyridine rings is 1. The van der Waals surface area contributed by atoms with E-state index < -0.39 is 0 Å². The van der Waals surface area contributed by atoms with Crippen LogP contribution in [0, 0.1) is 13.8 Å². The summed E-state index contributed by atoms with van der Waals surface area (Å²) in [6.45, 7) is 4.90. The molecule has 1 aromatic heterocycles. The maximum absolute atomic E-state index is 12.0. The van der Waals surface area contributed by atoms with Crippen LogP contribution in [0.3, 0.4) is 0 Å². The molecule has 0 bridgehead atoms. The zero-order valence-corrected chi connectivity index (χ0v) is 14.2. The summed E-state index contributed by atoms with van der Waals surface area (Å²) in [5, 5.41) is 6.63. The molecule has 6 heteroatoms. The van der Waals surface area contributed by atoms with Gasteiger partial charge in [0, 0.05) is 19.9 Å². The second-order valence-electron chi connectivity index (χ2n) is 5.27. The zero-order chi connectivity index (χ0) is 16.8. The Morgan fingerprint density at radius 2 is 2.04 bits per heavy atom. The Balaban J connectivity index is 2.16. The summed E-state index contributed by atoms with van der Waals surface area (Å²) >= 11 is 6.30. The van der Waals surface area contributed by atoms with Gasteiger partial charge in [-0.05, 0) is 37.1 Å². The summed E-state index contributed by atoms with van der Waals surface area (Å²) in [5.74, 6) is -0.190. The Morgan fingerprint density at radius 1 is 1.26 bits per heavy atom. The maximum atomic E-state index is 12.0. The summed E-state index contributed by atoms with van der Waals surface area (Å²) in [7, 11) is 1.59. The predicted molar refractivity (Wildman–Crippen MR) is 92.7 cm³/mol. The molecule has 0 aliphatic heterocycles. The number of amides is 1. The van der Waals surface area contributed by atoms with Crippen LogP contribution < -0.4 is 10.6 Å². The molecule has 2 rings (SSSR count). The highest BCUT2D eigenvalue weighted by molar-refractivity contribution is 6.33. The SMILES string of the molecule is COCCNC(=O)c1cncc(Nc2c(C)cc(C)cc2Cl)c1. The highest BCUT2D eigenvalue weighted by atomic mass is 35.5. The number of rotatable bonds is 6. The predicted octanol–water partition coefficient (Wildman–Crippen LogP) is 3.47. The van der Waals surface area contributed by atoms with Gasteiger partial charge in [-0.1, -0.05) is 17.7 Å². The third-order valence-electron chi connectivity index (χ3n) is 3.29. The second-order valence-corrected chi connectivity index (χ2v) is 5.68. The first-order valence-electron chi connectivity index (χ1n) is 7.27. The van der Waals surface area contributed by atoms with Crippen molar-refractivity contribution in [1.29, 1.82) is 0 Å². The van der Waals surface area contributed by atoms with Gasteiger partial charge in [0.25, 0.3) is 5.91 Å². The minimum Gasteiger partial charge on any atom is -0.383 e. The summed E-state index contributed by atoms with van der Waals surface area (Å²) in [4.78, 5) is 16.2. The number of anilines is 2. The molecule has 0 atom stereocenters. The average Bonchev–Trinajstić information content (AvgIpc) is 2.51. The van der Waals surface area contributed by atoms with E-state index in [-0.39, 0.29) is 5.91 Å². The standard InChI is InChI=1S/C17H20ClN3O2/c1-11-6-12(2)16(15(18)7-11)21-14-8-13(9-19-10-14)17(22)20-4-5-23-3/h6-10,21H,4-5H2,1-3H3,(H,20,22). The summed E-state index contributed by atoms with van der Waals surface area (Å²) in [6.07, 6.45) is 3.18. The van der Waals surface area contributed by atoms with Gasteiger partial charge in [0.2, 0.25) is 0 Å². The number of aryl methyl sites for hydroxylation is 2. The first-order chi connectivity index (χ1) is 11.0. The lowest BCUT2D eigenvalue weighted by molar-refractivity contribution is 0.0937. The van der Waals surface area contributed by atoms with Crippen molar-refractivity contribution >= 4 is 28.9 Å². The van der Waals surface area contributed by atoms with E-state index in [0.29, 0.717) is 29.4 Å². The summed E-state index contributed by atoms with van der Waals surface area (Å²) < 4.78 is 4.91. The van der Waals surface area contributed by atoms with E-state index in [0.717, 1.165) is 16.8 Å². The molecule has 2 N–H and O–H groups in total. The average molecular weight is 334 g/mol. The van der Waals surface area contributed by atoms with Crippen LogP contribution >= 0.6 is 11.6 Å². The van der Waals surface area contributed by atoms with E-state index in [1.165, 1.54) is 6.20 Å². The molecule has 5 nitrogen and oxygen atoms in total. The number of hydrogen-bond acceptors (Lipinski definition) is 4. The zero-order valence-electron chi connectivity index (χ0n) is 13.4. The van der Waals surface area contributed by atoms with Crippen LogP contribution in [-0.4, -0.2) is 31.2 Å². The number of nitrogens with zero attached hydrogens (tertiary/aromatic N) is 1. The first-order valence-corrected chi connectivity index (χ1v) is 7.65. The molecule has 0 saturated heterocycles.